The minimum absolute atomic E-state index is 0.259. The zero-order valence-corrected chi connectivity index (χ0v) is 8.79. The molecule has 0 bridgehead atoms. The van der Waals surface area contributed by atoms with Gasteiger partial charge in [-0.1, -0.05) is 12.1 Å². The van der Waals surface area contributed by atoms with Crippen molar-refractivity contribution >= 4 is 5.97 Å². The second-order valence-corrected chi connectivity index (χ2v) is 3.42. The van der Waals surface area contributed by atoms with E-state index in [1.807, 2.05) is 0 Å². The molecule has 82 valence electrons. The summed E-state index contributed by atoms with van der Waals surface area (Å²) in [6.45, 7) is 1.67. The van der Waals surface area contributed by atoms with Gasteiger partial charge in [-0.3, -0.25) is 4.79 Å². The molecule has 0 amide bonds. The Labute approximate surface area is 88.0 Å². The summed E-state index contributed by atoms with van der Waals surface area (Å²) >= 11 is 0. The molecule has 3 nitrogen and oxygen atoms in total. The molecule has 4 heteroatoms. The first-order valence-electron chi connectivity index (χ1n) is 4.63. The number of halogens is 1. The monoisotopic (exact) mass is 211 g/mol. The second-order valence-electron chi connectivity index (χ2n) is 3.42. The van der Waals surface area contributed by atoms with E-state index in [4.69, 9.17) is 5.73 Å². The highest BCUT2D eigenvalue weighted by atomic mass is 19.1. The van der Waals surface area contributed by atoms with Crippen molar-refractivity contribution in [3.05, 3.63) is 35.1 Å². The summed E-state index contributed by atoms with van der Waals surface area (Å²) in [5.74, 6) is -0.720. The number of hydrogen-bond acceptors (Lipinski definition) is 3. The Hall–Kier alpha value is -1.42. The normalized spacial score (nSPS) is 12.3. The molecule has 1 unspecified atom stereocenters. The molecular formula is C11H14FNO2. The van der Waals surface area contributed by atoms with Crippen LogP contribution >= 0.6 is 0 Å². The summed E-state index contributed by atoms with van der Waals surface area (Å²) in [6, 6.07) is 3.97. The van der Waals surface area contributed by atoms with E-state index >= 15 is 0 Å². The van der Waals surface area contributed by atoms with Crippen LogP contribution in [0.1, 0.15) is 11.1 Å². The van der Waals surface area contributed by atoms with Gasteiger partial charge in [0.2, 0.25) is 0 Å². The average Bonchev–Trinajstić information content (AvgIpc) is 2.22. The Kier molecular flexibility index (Phi) is 3.80. The highest BCUT2D eigenvalue weighted by Crippen LogP contribution is 2.10. The first-order valence-corrected chi connectivity index (χ1v) is 4.63. The fraction of sp³-hybridized carbons (Fsp3) is 0.364. The van der Waals surface area contributed by atoms with Crippen molar-refractivity contribution in [2.24, 2.45) is 5.73 Å². The summed E-state index contributed by atoms with van der Waals surface area (Å²) in [5, 5.41) is 0. The molecule has 0 aromatic heterocycles. The number of nitrogens with two attached hydrogens (primary N) is 1. The van der Waals surface area contributed by atoms with Crippen LogP contribution in [0.2, 0.25) is 0 Å². The van der Waals surface area contributed by atoms with Gasteiger partial charge in [0.25, 0.3) is 0 Å². The number of methoxy groups -OCH3 is 1. The van der Waals surface area contributed by atoms with Crippen LogP contribution in [0.4, 0.5) is 4.39 Å². The Morgan fingerprint density at radius 2 is 2.27 bits per heavy atom. The molecule has 0 spiro atoms. The molecule has 0 saturated carbocycles. The van der Waals surface area contributed by atoms with Gasteiger partial charge in [0.05, 0.1) is 7.11 Å². The molecule has 1 aromatic carbocycles. The van der Waals surface area contributed by atoms with Crippen molar-refractivity contribution in [1.29, 1.82) is 0 Å². The molecule has 2 N–H and O–H groups in total. The lowest BCUT2D eigenvalue weighted by molar-refractivity contribution is -0.142. The summed E-state index contributed by atoms with van der Waals surface area (Å²) in [7, 11) is 1.29. The van der Waals surface area contributed by atoms with E-state index in [1.165, 1.54) is 13.2 Å². The molecule has 0 aliphatic heterocycles. The minimum atomic E-state index is -0.695. The van der Waals surface area contributed by atoms with Crippen LogP contribution in [-0.4, -0.2) is 19.1 Å². The van der Waals surface area contributed by atoms with Gasteiger partial charge in [-0.2, -0.15) is 0 Å². The van der Waals surface area contributed by atoms with Crippen molar-refractivity contribution in [3.8, 4) is 0 Å². The maximum atomic E-state index is 12.9. The number of ether oxygens (including phenoxy) is 1. The van der Waals surface area contributed by atoms with E-state index < -0.39 is 12.0 Å². The number of carbonyl (C=O) groups excluding carboxylic acids is 1. The number of rotatable bonds is 3. The number of carbonyl (C=O) groups is 1. The van der Waals surface area contributed by atoms with E-state index in [0.29, 0.717) is 12.0 Å². The predicted molar refractivity (Wildman–Crippen MR) is 54.8 cm³/mol. The van der Waals surface area contributed by atoms with E-state index in [2.05, 4.69) is 4.74 Å². The van der Waals surface area contributed by atoms with Gasteiger partial charge in [0, 0.05) is 0 Å². The first kappa shape index (κ1) is 11.7. The smallest absolute Gasteiger partial charge is 0.322 e. The average molecular weight is 211 g/mol. The molecule has 0 radical (unpaired) electrons. The maximum Gasteiger partial charge on any atom is 0.322 e. The van der Waals surface area contributed by atoms with Gasteiger partial charge in [-0.15, -0.1) is 0 Å². The van der Waals surface area contributed by atoms with Crippen LogP contribution in [0, 0.1) is 12.7 Å². The summed E-state index contributed by atoms with van der Waals surface area (Å²) < 4.78 is 17.4. The molecule has 15 heavy (non-hydrogen) atoms. The highest BCUT2D eigenvalue weighted by Gasteiger charge is 2.14. The van der Waals surface area contributed by atoms with E-state index in [0.717, 1.165) is 5.56 Å². The van der Waals surface area contributed by atoms with Gasteiger partial charge < -0.3 is 10.5 Å². The van der Waals surface area contributed by atoms with Gasteiger partial charge >= 0.3 is 5.97 Å². The molecular weight excluding hydrogens is 197 g/mol. The van der Waals surface area contributed by atoms with Crippen LogP contribution in [0.25, 0.3) is 0 Å². The molecule has 1 rings (SSSR count). The van der Waals surface area contributed by atoms with Gasteiger partial charge in [-0.25, -0.2) is 4.39 Å². The predicted octanol–water partition coefficient (Wildman–Crippen LogP) is 1.18. The molecule has 0 aliphatic carbocycles. The fourth-order valence-corrected chi connectivity index (χ4v) is 1.32. The summed E-state index contributed by atoms with van der Waals surface area (Å²) in [6.07, 6.45) is 0.355. The highest BCUT2D eigenvalue weighted by molar-refractivity contribution is 5.75. The first-order chi connectivity index (χ1) is 7.04. The van der Waals surface area contributed by atoms with Gasteiger partial charge in [0.1, 0.15) is 11.9 Å². The maximum absolute atomic E-state index is 12.9. The van der Waals surface area contributed by atoms with Crippen LogP contribution < -0.4 is 5.73 Å². The molecule has 0 aliphatic rings. The Morgan fingerprint density at radius 3 is 2.80 bits per heavy atom. The van der Waals surface area contributed by atoms with Crippen LogP contribution in [0.5, 0.6) is 0 Å². The standard InChI is InChI=1S/C11H14FNO2/c1-7-5-8(3-4-9(7)12)6-10(13)11(14)15-2/h3-5,10H,6,13H2,1-2H3. The number of hydrogen-bond donors (Lipinski definition) is 1. The van der Waals surface area contributed by atoms with Crippen LogP contribution in [-0.2, 0) is 16.0 Å². The molecule has 0 saturated heterocycles. The Bertz CT molecular complexity index is 366. The third-order valence-corrected chi connectivity index (χ3v) is 2.18. The lowest BCUT2D eigenvalue weighted by Crippen LogP contribution is -2.33. The van der Waals surface area contributed by atoms with E-state index in [1.54, 1.807) is 19.1 Å². The van der Waals surface area contributed by atoms with Crippen LogP contribution in [0.3, 0.4) is 0 Å². The Balaban J connectivity index is 2.73. The van der Waals surface area contributed by atoms with Crippen molar-refractivity contribution in [2.45, 2.75) is 19.4 Å². The number of benzene rings is 1. The van der Waals surface area contributed by atoms with Crippen molar-refractivity contribution in [2.75, 3.05) is 7.11 Å². The van der Waals surface area contributed by atoms with E-state index in [9.17, 15) is 9.18 Å². The zero-order chi connectivity index (χ0) is 11.4. The third-order valence-electron chi connectivity index (χ3n) is 2.18. The zero-order valence-electron chi connectivity index (χ0n) is 8.79. The summed E-state index contributed by atoms with van der Waals surface area (Å²) in [5.41, 5.74) is 6.95. The number of aryl methyl sites for hydroxylation is 1. The number of esters is 1. The van der Waals surface area contributed by atoms with Crippen molar-refractivity contribution < 1.29 is 13.9 Å². The van der Waals surface area contributed by atoms with Crippen molar-refractivity contribution in [3.63, 3.8) is 0 Å². The molecule has 1 aromatic rings. The molecule has 0 heterocycles. The largest absolute Gasteiger partial charge is 0.468 e. The van der Waals surface area contributed by atoms with Crippen molar-refractivity contribution in [1.82, 2.24) is 0 Å². The van der Waals surface area contributed by atoms with Gasteiger partial charge in [-0.05, 0) is 30.5 Å². The molecule has 1 atom stereocenters. The van der Waals surface area contributed by atoms with E-state index in [-0.39, 0.29) is 5.82 Å². The molecule has 0 fully saturated rings. The topological polar surface area (TPSA) is 52.3 Å². The fourth-order valence-electron chi connectivity index (χ4n) is 1.32. The summed E-state index contributed by atoms with van der Waals surface area (Å²) in [4.78, 5) is 11.0. The van der Waals surface area contributed by atoms with Gasteiger partial charge in [0.15, 0.2) is 0 Å². The second kappa shape index (κ2) is 4.89. The lowest BCUT2D eigenvalue weighted by Gasteiger charge is -2.09. The SMILES string of the molecule is COC(=O)C(N)Cc1ccc(F)c(C)c1. The quantitative estimate of drug-likeness (QED) is 0.764. The Morgan fingerprint density at radius 1 is 1.60 bits per heavy atom. The third kappa shape index (κ3) is 3.02. The van der Waals surface area contributed by atoms with Crippen LogP contribution in [0.15, 0.2) is 18.2 Å². The minimum Gasteiger partial charge on any atom is -0.468 e. The lowest BCUT2D eigenvalue weighted by atomic mass is 10.0.